The summed E-state index contributed by atoms with van der Waals surface area (Å²) in [6.45, 7) is 8.44. The second kappa shape index (κ2) is 9.35. The van der Waals surface area contributed by atoms with Crippen LogP contribution < -0.4 is 10.6 Å². The standard InChI is InChI=1S/C21H31FN6O/c1-5-23-20(24-14-21(2,3)16-8-6-7-9-17(16)22)25-15-10-11-19-26-18(13-29-4)27-28(19)12-15/h6-9,15H,5,10-14H2,1-4H3,(H2,23,24,25). The Morgan fingerprint density at radius 1 is 1.38 bits per heavy atom. The number of halogens is 1. The van der Waals surface area contributed by atoms with Gasteiger partial charge in [0.05, 0.1) is 13.1 Å². The van der Waals surface area contributed by atoms with Crippen molar-refractivity contribution in [2.45, 2.75) is 58.2 Å². The maximum absolute atomic E-state index is 14.2. The van der Waals surface area contributed by atoms with E-state index in [1.807, 2.05) is 37.6 Å². The van der Waals surface area contributed by atoms with E-state index in [4.69, 9.17) is 9.73 Å². The van der Waals surface area contributed by atoms with E-state index in [1.54, 1.807) is 13.2 Å². The molecule has 0 saturated heterocycles. The summed E-state index contributed by atoms with van der Waals surface area (Å²) in [5.74, 6) is 2.26. The number of aliphatic imine (C=N–C) groups is 1. The van der Waals surface area contributed by atoms with Gasteiger partial charge in [0.25, 0.3) is 0 Å². The van der Waals surface area contributed by atoms with Gasteiger partial charge >= 0.3 is 0 Å². The highest BCUT2D eigenvalue weighted by Gasteiger charge is 2.25. The van der Waals surface area contributed by atoms with Crippen LogP contribution in [0.3, 0.4) is 0 Å². The number of methoxy groups -OCH3 is 1. The van der Waals surface area contributed by atoms with E-state index in [2.05, 4.69) is 20.7 Å². The van der Waals surface area contributed by atoms with Crippen LogP contribution in [0.1, 0.15) is 44.4 Å². The average molecular weight is 403 g/mol. The van der Waals surface area contributed by atoms with Gasteiger partial charge in [0.15, 0.2) is 11.8 Å². The lowest BCUT2D eigenvalue weighted by Gasteiger charge is -2.27. The summed E-state index contributed by atoms with van der Waals surface area (Å²) in [5, 5.41) is 11.3. The summed E-state index contributed by atoms with van der Waals surface area (Å²) < 4.78 is 21.3. The number of guanidine groups is 1. The van der Waals surface area contributed by atoms with Gasteiger partial charge in [-0.2, -0.15) is 5.10 Å². The molecule has 1 atom stereocenters. The number of rotatable bonds is 7. The third-order valence-electron chi connectivity index (χ3n) is 5.10. The molecule has 0 fully saturated rings. The molecule has 7 nitrogen and oxygen atoms in total. The Labute approximate surface area is 171 Å². The van der Waals surface area contributed by atoms with Gasteiger partial charge in [-0.1, -0.05) is 32.0 Å². The van der Waals surface area contributed by atoms with Crippen LogP contribution >= 0.6 is 0 Å². The van der Waals surface area contributed by atoms with Crippen LogP contribution in [0.15, 0.2) is 29.3 Å². The van der Waals surface area contributed by atoms with Crippen molar-refractivity contribution < 1.29 is 9.13 Å². The molecule has 2 heterocycles. The number of nitrogens with zero attached hydrogens (tertiary/aromatic N) is 4. The summed E-state index contributed by atoms with van der Waals surface area (Å²) >= 11 is 0. The topological polar surface area (TPSA) is 76.4 Å². The predicted octanol–water partition coefficient (Wildman–Crippen LogP) is 2.41. The molecule has 2 aromatic rings. The number of nitrogens with one attached hydrogen (secondary N) is 2. The van der Waals surface area contributed by atoms with E-state index in [0.29, 0.717) is 18.7 Å². The molecule has 0 aliphatic carbocycles. The van der Waals surface area contributed by atoms with Crippen LogP contribution in [-0.2, 0) is 29.7 Å². The van der Waals surface area contributed by atoms with E-state index >= 15 is 0 Å². The Balaban J connectivity index is 1.67. The molecule has 0 spiro atoms. The zero-order valence-electron chi connectivity index (χ0n) is 17.7. The molecule has 0 saturated carbocycles. The molecule has 0 bridgehead atoms. The second-order valence-corrected chi connectivity index (χ2v) is 8.00. The third-order valence-corrected chi connectivity index (χ3v) is 5.10. The van der Waals surface area contributed by atoms with E-state index in [0.717, 1.165) is 43.5 Å². The number of aryl methyl sites for hydroxylation is 1. The Kier molecular flexibility index (Phi) is 6.84. The highest BCUT2D eigenvalue weighted by Crippen LogP contribution is 2.26. The molecule has 1 aromatic heterocycles. The fraction of sp³-hybridized carbons (Fsp3) is 0.571. The number of hydrogen-bond acceptors (Lipinski definition) is 4. The van der Waals surface area contributed by atoms with Gasteiger partial charge in [-0.25, -0.2) is 14.1 Å². The quantitative estimate of drug-likeness (QED) is 0.549. The van der Waals surface area contributed by atoms with Crippen LogP contribution in [0.2, 0.25) is 0 Å². The Morgan fingerprint density at radius 3 is 2.90 bits per heavy atom. The molecular weight excluding hydrogens is 371 g/mol. The lowest BCUT2D eigenvalue weighted by molar-refractivity contribution is 0.177. The van der Waals surface area contributed by atoms with E-state index in [-0.39, 0.29) is 11.9 Å². The van der Waals surface area contributed by atoms with Crippen molar-refractivity contribution in [2.75, 3.05) is 20.2 Å². The Hall–Kier alpha value is -2.48. The van der Waals surface area contributed by atoms with Crippen molar-refractivity contribution >= 4 is 5.96 Å². The van der Waals surface area contributed by atoms with Gasteiger partial charge in [0.1, 0.15) is 18.2 Å². The minimum Gasteiger partial charge on any atom is -0.377 e. The van der Waals surface area contributed by atoms with Crippen LogP contribution in [0.4, 0.5) is 4.39 Å². The van der Waals surface area contributed by atoms with Gasteiger partial charge in [-0.15, -0.1) is 0 Å². The summed E-state index contributed by atoms with van der Waals surface area (Å²) in [4.78, 5) is 9.27. The van der Waals surface area contributed by atoms with Crippen molar-refractivity contribution in [3.05, 3.63) is 47.3 Å². The zero-order chi connectivity index (χ0) is 20.9. The molecule has 158 valence electrons. The fourth-order valence-corrected chi connectivity index (χ4v) is 3.55. The van der Waals surface area contributed by atoms with E-state index in [1.165, 1.54) is 6.07 Å². The molecule has 0 radical (unpaired) electrons. The average Bonchev–Trinajstić information content (AvgIpc) is 3.08. The minimum absolute atomic E-state index is 0.191. The van der Waals surface area contributed by atoms with Crippen molar-refractivity contribution in [3.8, 4) is 0 Å². The van der Waals surface area contributed by atoms with Crippen LogP contribution in [0.5, 0.6) is 0 Å². The lowest BCUT2D eigenvalue weighted by Crippen LogP contribution is -2.47. The van der Waals surface area contributed by atoms with E-state index in [9.17, 15) is 4.39 Å². The maximum atomic E-state index is 14.2. The zero-order valence-corrected chi connectivity index (χ0v) is 17.7. The van der Waals surface area contributed by atoms with Gasteiger partial charge < -0.3 is 15.4 Å². The first kappa shape index (κ1) is 21.2. The van der Waals surface area contributed by atoms with Gasteiger partial charge in [0.2, 0.25) is 0 Å². The summed E-state index contributed by atoms with van der Waals surface area (Å²) in [6, 6.07) is 7.11. The number of fused-ring (bicyclic) bond motifs is 1. The number of benzene rings is 1. The smallest absolute Gasteiger partial charge is 0.191 e. The fourth-order valence-electron chi connectivity index (χ4n) is 3.55. The molecule has 8 heteroatoms. The number of ether oxygens (including phenoxy) is 1. The van der Waals surface area contributed by atoms with Gasteiger partial charge in [-0.3, -0.25) is 4.99 Å². The molecule has 1 aromatic carbocycles. The summed E-state index contributed by atoms with van der Waals surface area (Å²) in [7, 11) is 1.65. The summed E-state index contributed by atoms with van der Waals surface area (Å²) in [5.41, 5.74) is 0.268. The van der Waals surface area contributed by atoms with Gasteiger partial charge in [-0.05, 0) is 25.0 Å². The highest BCUT2D eigenvalue weighted by molar-refractivity contribution is 5.80. The van der Waals surface area contributed by atoms with E-state index < -0.39 is 5.41 Å². The monoisotopic (exact) mass is 402 g/mol. The molecule has 1 aliphatic rings. The minimum atomic E-state index is -0.408. The molecule has 1 unspecified atom stereocenters. The van der Waals surface area contributed by atoms with Crippen molar-refractivity contribution in [3.63, 3.8) is 0 Å². The number of hydrogen-bond donors (Lipinski definition) is 2. The molecule has 29 heavy (non-hydrogen) atoms. The van der Waals surface area contributed by atoms with Crippen LogP contribution in [-0.4, -0.2) is 47.0 Å². The van der Waals surface area contributed by atoms with Gasteiger partial charge in [0, 0.05) is 31.5 Å². The molecule has 2 N–H and O–H groups in total. The normalized spacial score (nSPS) is 17.1. The largest absolute Gasteiger partial charge is 0.377 e. The molecule has 0 amide bonds. The maximum Gasteiger partial charge on any atom is 0.191 e. The summed E-state index contributed by atoms with van der Waals surface area (Å²) in [6.07, 6.45) is 1.81. The van der Waals surface area contributed by atoms with Crippen molar-refractivity contribution in [2.24, 2.45) is 4.99 Å². The third kappa shape index (κ3) is 5.32. The molecular formula is C21H31FN6O. The lowest BCUT2D eigenvalue weighted by atomic mass is 9.84. The second-order valence-electron chi connectivity index (χ2n) is 8.00. The first-order valence-electron chi connectivity index (χ1n) is 10.1. The van der Waals surface area contributed by atoms with Crippen molar-refractivity contribution in [1.82, 2.24) is 25.4 Å². The highest BCUT2D eigenvalue weighted by atomic mass is 19.1. The Morgan fingerprint density at radius 2 is 2.17 bits per heavy atom. The van der Waals surface area contributed by atoms with Crippen LogP contribution in [0.25, 0.3) is 0 Å². The Bertz CT molecular complexity index is 847. The number of aromatic nitrogens is 3. The first-order valence-corrected chi connectivity index (χ1v) is 10.1. The first-order chi connectivity index (χ1) is 13.9. The predicted molar refractivity (Wildman–Crippen MR) is 111 cm³/mol. The molecule has 1 aliphatic heterocycles. The van der Waals surface area contributed by atoms with Crippen molar-refractivity contribution in [1.29, 1.82) is 0 Å². The molecule has 3 rings (SSSR count). The van der Waals surface area contributed by atoms with Crippen LogP contribution in [0, 0.1) is 5.82 Å². The SMILES string of the molecule is CCNC(=NCC(C)(C)c1ccccc1F)NC1CCc2nc(COC)nn2C1.